The number of benzene rings is 3. The molecule has 1 aliphatic rings. The SMILES string of the molecule is C=C1/C=C\C=C/Cc2c(cccc2-c2cc(C(N)=NC(=NC)/C(=C/C/C=C\CC)CC)cc3c2sc2ccccc23)O1. The molecule has 0 unspecified atom stereocenters. The number of hydrogen-bond acceptors (Lipinski definition) is 3. The van der Waals surface area contributed by atoms with Gasteiger partial charge < -0.3 is 10.5 Å². The Balaban J connectivity index is 1.69. The van der Waals surface area contributed by atoms with Crippen molar-refractivity contribution in [2.75, 3.05) is 7.05 Å². The molecule has 0 fully saturated rings. The van der Waals surface area contributed by atoms with Gasteiger partial charge in [-0.15, -0.1) is 11.3 Å². The maximum Gasteiger partial charge on any atom is 0.152 e. The molecule has 4 aromatic rings. The van der Waals surface area contributed by atoms with Crippen molar-refractivity contribution in [1.29, 1.82) is 0 Å². The minimum Gasteiger partial charge on any atom is -0.458 e. The zero-order valence-corrected chi connectivity index (χ0v) is 25.4. The fraction of sp³-hybridized carbons (Fsp3) is 0.189. The number of nitrogens with zero attached hydrogens (tertiary/aromatic N) is 2. The second-order valence-corrected chi connectivity index (χ2v) is 11.1. The summed E-state index contributed by atoms with van der Waals surface area (Å²) in [5.74, 6) is 2.53. The smallest absolute Gasteiger partial charge is 0.152 e. The second kappa shape index (κ2) is 13.5. The van der Waals surface area contributed by atoms with Crippen LogP contribution in [0.1, 0.15) is 44.2 Å². The van der Waals surface area contributed by atoms with Crippen LogP contribution in [0.5, 0.6) is 5.75 Å². The maximum absolute atomic E-state index is 6.79. The van der Waals surface area contributed by atoms with E-state index in [1.165, 1.54) is 14.8 Å². The standard InChI is InChI=1S/C37H37N3OS/c1-5-7-8-11-17-26(6-2)37(39-4)40-36(38)27-23-31(35-32(24-27)30-19-13-14-22-34(30)42-35)28-20-15-21-33-29(28)18-12-9-10-16-25(3)41-33/h7-10,12-17,19-24H,3,5-6,11,18H2,1-2,4H3,(H2,38,39,40)/b8-7-,12-9-,16-10-,26-17+. The van der Waals surface area contributed by atoms with Crippen LogP contribution >= 0.6 is 11.3 Å². The number of fused-ring (bicyclic) bond motifs is 4. The van der Waals surface area contributed by atoms with E-state index < -0.39 is 0 Å². The van der Waals surface area contributed by atoms with Gasteiger partial charge >= 0.3 is 0 Å². The lowest BCUT2D eigenvalue weighted by atomic mass is 9.93. The average Bonchev–Trinajstić information content (AvgIpc) is 3.42. The molecule has 0 bridgehead atoms. The summed E-state index contributed by atoms with van der Waals surface area (Å²) in [5.41, 5.74) is 12.1. The van der Waals surface area contributed by atoms with Gasteiger partial charge in [-0.25, -0.2) is 4.99 Å². The second-order valence-electron chi connectivity index (χ2n) is 10.1. The molecule has 1 aromatic heterocycles. The van der Waals surface area contributed by atoms with E-state index >= 15 is 0 Å². The van der Waals surface area contributed by atoms with Gasteiger partial charge in [0.05, 0.1) is 0 Å². The number of thiophene rings is 1. The van der Waals surface area contributed by atoms with E-state index in [2.05, 4.69) is 92.2 Å². The van der Waals surface area contributed by atoms with Crippen molar-refractivity contribution in [3.05, 3.63) is 126 Å². The molecule has 2 heterocycles. The Morgan fingerprint density at radius 2 is 1.88 bits per heavy atom. The first-order valence-corrected chi connectivity index (χ1v) is 15.3. The Morgan fingerprint density at radius 3 is 2.69 bits per heavy atom. The third-order valence-electron chi connectivity index (χ3n) is 7.30. The van der Waals surface area contributed by atoms with Crippen LogP contribution < -0.4 is 10.5 Å². The molecule has 42 heavy (non-hydrogen) atoms. The van der Waals surface area contributed by atoms with Crippen LogP contribution in [0.3, 0.4) is 0 Å². The molecule has 0 spiro atoms. The van der Waals surface area contributed by atoms with Crippen LogP contribution in [-0.4, -0.2) is 18.7 Å². The van der Waals surface area contributed by atoms with Gasteiger partial charge in [0.2, 0.25) is 0 Å². The molecule has 5 rings (SSSR count). The number of allylic oxidation sites excluding steroid dienone is 7. The van der Waals surface area contributed by atoms with Gasteiger partial charge in [-0.1, -0.05) is 87.2 Å². The Bertz CT molecular complexity index is 1810. The molecule has 0 radical (unpaired) electrons. The first kappa shape index (κ1) is 29.0. The van der Waals surface area contributed by atoms with Crippen LogP contribution in [0.4, 0.5) is 0 Å². The molecule has 0 saturated heterocycles. The van der Waals surface area contributed by atoms with E-state index in [4.69, 9.17) is 15.5 Å². The molecule has 0 atom stereocenters. The summed E-state index contributed by atoms with van der Waals surface area (Å²) in [4.78, 5) is 9.40. The van der Waals surface area contributed by atoms with Gasteiger partial charge in [0.1, 0.15) is 17.3 Å². The van der Waals surface area contributed by atoms with E-state index in [0.29, 0.717) is 17.4 Å². The Kier molecular flexibility index (Phi) is 9.30. The fourth-order valence-corrected chi connectivity index (χ4v) is 6.42. The molecule has 212 valence electrons. The summed E-state index contributed by atoms with van der Waals surface area (Å²) < 4.78 is 8.63. The first-order valence-electron chi connectivity index (χ1n) is 14.5. The van der Waals surface area contributed by atoms with Crippen molar-refractivity contribution >= 4 is 43.2 Å². The molecule has 1 aliphatic heterocycles. The summed E-state index contributed by atoms with van der Waals surface area (Å²) in [6.45, 7) is 8.33. The lowest BCUT2D eigenvalue weighted by Crippen LogP contribution is -2.17. The number of hydrogen-bond donors (Lipinski definition) is 1. The summed E-state index contributed by atoms with van der Waals surface area (Å²) in [6.07, 6.45) is 18.0. The number of amidine groups is 2. The molecular formula is C37H37N3OS. The van der Waals surface area contributed by atoms with Crippen LogP contribution in [0, 0.1) is 0 Å². The fourth-order valence-electron chi connectivity index (χ4n) is 5.21. The summed E-state index contributed by atoms with van der Waals surface area (Å²) >= 11 is 1.80. The third kappa shape index (κ3) is 6.22. The van der Waals surface area contributed by atoms with Crippen LogP contribution in [0.15, 0.2) is 125 Å². The van der Waals surface area contributed by atoms with Crippen LogP contribution in [0.25, 0.3) is 31.3 Å². The molecule has 2 N–H and O–H groups in total. The quantitative estimate of drug-likeness (QED) is 0.136. The van der Waals surface area contributed by atoms with Crippen LogP contribution in [-0.2, 0) is 6.42 Å². The molecule has 4 nitrogen and oxygen atoms in total. The van der Waals surface area contributed by atoms with Gasteiger partial charge in [0.15, 0.2) is 5.84 Å². The van der Waals surface area contributed by atoms with Crippen molar-refractivity contribution in [2.24, 2.45) is 15.7 Å². The van der Waals surface area contributed by atoms with Gasteiger partial charge in [-0.05, 0) is 67.2 Å². The molecule has 0 aliphatic carbocycles. The summed E-state index contributed by atoms with van der Waals surface area (Å²) in [7, 11) is 1.78. The molecule has 0 amide bonds. The summed E-state index contributed by atoms with van der Waals surface area (Å²) in [5, 5.41) is 2.37. The van der Waals surface area contributed by atoms with Crippen molar-refractivity contribution < 1.29 is 4.74 Å². The Hall–Kier alpha value is -4.48. The number of ether oxygens (including phenoxy) is 1. The lowest BCUT2D eigenvalue weighted by molar-refractivity contribution is 0.443. The normalized spacial score (nSPS) is 16.3. The van der Waals surface area contributed by atoms with Gasteiger partial charge in [-0.3, -0.25) is 4.99 Å². The largest absolute Gasteiger partial charge is 0.458 e. The molecule has 0 saturated carbocycles. The monoisotopic (exact) mass is 571 g/mol. The topological polar surface area (TPSA) is 60.0 Å². The number of rotatable bonds is 7. The third-order valence-corrected chi connectivity index (χ3v) is 8.52. The number of nitrogens with two attached hydrogens (primary N) is 1. The molecule has 5 heteroatoms. The van der Waals surface area contributed by atoms with E-state index in [9.17, 15) is 0 Å². The highest BCUT2D eigenvalue weighted by Crippen LogP contribution is 2.43. The van der Waals surface area contributed by atoms with Crippen molar-refractivity contribution in [1.82, 2.24) is 0 Å². The van der Waals surface area contributed by atoms with E-state index in [1.54, 1.807) is 18.4 Å². The minimum atomic E-state index is 0.446. The highest BCUT2D eigenvalue weighted by Gasteiger charge is 2.19. The van der Waals surface area contributed by atoms with Crippen molar-refractivity contribution in [3.63, 3.8) is 0 Å². The zero-order valence-electron chi connectivity index (χ0n) is 24.6. The van der Waals surface area contributed by atoms with Crippen molar-refractivity contribution in [3.8, 4) is 16.9 Å². The first-order chi connectivity index (χ1) is 20.5. The predicted molar refractivity (Wildman–Crippen MR) is 183 cm³/mol. The highest BCUT2D eigenvalue weighted by molar-refractivity contribution is 7.26. The maximum atomic E-state index is 6.79. The van der Waals surface area contributed by atoms with E-state index in [-0.39, 0.29) is 0 Å². The Morgan fingerprint density at radius 1 is 1.02 bits per heavy atom. The zero-order chi connectivity index (χ0) is 29.5. The predicted octanol–water partition coefficient (Wildman–Crippen LogP) is 9.71. The van der Waals surface area contributed by atoms with Gasteiger partial charge in [-0.2, -0.15) is 0 Å². The van der Waals surface area contributed by atoms with E-state index in [0.717, 1.165) is 64.6 Å². The molecule has 3 aromatic carbocycles. The van der Waals surface area contributed by atoms with Gasteiger partial charge in [0, 0.05) is 43.9 Å². The van der Waals surface area contributed by atoms with E-state index in [1.807, 2.05) is 30.4 Å². The minimum absolute atomic E-state index is 0.446. The lowest BCUT2D eigenvalue weighted by Gasteiger charge is -2.16. The summed E-state index contributed by atoms with van der Waals surface area (Å²) in [6, 6.07) is 19.1. The number of aliphatic imine (C=N–C) groups is 2. The molecular weight excluding hydrogens is 534 g/mol. The van der Waals surface area contributed by atoms with Gasteiger partial charge in [0.25, 0.3) is 0 Å². The Labute approximate surface area is 252 Å². The van der Waals surface area contributed by atoms with Crippen molar-refractivity contribution in [2.45, 2.75) is 39.5 Å². The van der Waals surface area contributed by atoms with Crippen LogP contribution in [0.2, 0.25) is 0 Å². The highest BCUT2D eigenvalue weighted by atomic mass is 32.1. The average molecular weight is 572 g/mol.